The molecule has 0 aromatic carbocycles. The van der Waals surface area contributed by atoms with Crippen molar-refractivity contribution in [3.63, 3.8) is 0 Å². The predicted octanol–water partition coefficient (Wildman–Crippen LogP) is 1.82. The number of hydrogen-bond acceptors (Lipinski definition) is 2. The van der Waals surface area contributed by atoms with E-state index in [0.29, 0.717) is 11.9 Å². The first-order valence-electron chi connectivity index (χ1n) is 6.72. The zero-order valence-electron chi connectivity index (χ0n) is 10.3. The molecule has 0 bridgehead atoms. The molecule has 2 fully saturated rings. The summed E-state index contributed by atoms with van der Waals surface area (Å²) >= 11 is 0. The van der Waals surface area contributed by atoms with Crippen LogP contribution in [-0.4, -0.2) is 25.0 Å². The Morgan fingerprint density at radius 2 is 2.00 bits per heavy atom. The zero-order chi connectivity index (χ0) is 11.4. The van der Waals surface area contributed by atoms with Crippen LogP contribution in [0.25, 0.3) is 0 Å². The molecule has 2 aliphatic rings. The van der Waals surface area contributed by atoms with E-state index in [1.54, 1.807) is 0 Å². The quantitative estimate of drug-likeness (QED) is 0.751. The molecule has 1 unspecified atom stereocenters. The van der Waals surface area contributed by atoms with E-state index >= 15 is 0 Å². The van der Waals surface area contributed by atoms with E-state index in [2.05, 4.69) is 17.6 Å². The molecule has 1 saturated heterocycles. The summed E-state index contributed by atoms with van der Waals surface area (Å²) in [5.74, 6) is 0.293. The van der Waals surface area contributed by atoms with Gasteiger partial charge < -0.3 is 10.6 Å². The largest absolute Gasteiger partial charge is 0.352 e. The molecule has 92 valence electrons. The average molecular weight is 224 g/mol. The third-order valence-corrected chi connectivity index (χ3v) is 4.14. The van der Waals surface area contributed by atoms with E-state index < -0.39 is 0 Å². The topological polar surface area (TPSA) is 41.1 Å². The molecule has 0 radical (unpaired) electrons. The highest BCUT2D eigenvalue weighted by Crippen LogP contribution is 2.35. The van der Waals surface area contributed by atoms with Crippen LogP contribution in [0.15, 0.2) is 0 Å². The molecule has 0 aromatic heterocycles. The molecule has 2 rings (SSSR count). The highest BCUT2D eigenvalue weighted by atomic mass is 16.2. The zero-order valence-corrected chi connectivity index (χ0v) is 10.3. The molecular weight excluding hydrogens is 200 g/mol. The van der Waals surface area contributed by atoms with Gasteiger partial charge in [-0.3, -0.25) is 4.79 Å². The Hall–Kier alpha value is -0.570. The number of amides is 1. The standard InChI is InChI=1S/C13H24N2O/c1-13(7-3-2-4-8-13)12(16)15-11-6-5-9-14-10-11/h11,14H,2-10H2,1H3,(H,15,16). The Bertz CT molecular complexity index is 240. The van der Waals surface area contributed by atoms with Crippen LogP contribution in [0, 0.1) is 5.41 Å². The predicted molar refractivity (Wildman–Crippen MR) is 65.2 cm³/mol. The smallest absolute Gasteiger partial charge is 0.226 e. The molecule has 16 heavy (non-hydrogen) atoms. The monoisotopic (exact) mass is 224 g/mol. The number of piperidine rings is 1. The van der Waals surface area contributed by atoms with Crippen molar-refractivity contribution in [2.75, 3.05) is 13.1 Å². The average Bonchev–Trinajstić information content (AvgIpc) is 2.31. The molecule has 1 aliphatic carbocycles. The Morgan fingerprint density at radius 1 is 1.25 bits per heavy atom. The summed E-state index contributed by atoms with van der Waals surface area (Å²) in [6, 6.07) is 0.361. The van der Waals surface area contributed by atoms with Gasteiger partial charge in [-0.05, 0) is 32.2 Å². The van der Waals surface area contributed by atoms with Crippen molar-refractivity contribution in [1.82, 2.24) is 10.6 Å². The third kappa shape index (κ3) is 2.76. The summed E-state index contributed by atoms with van der Waals surface area (Å²) < 4.78 is 0. The lowest BCUT2D eigenvalue weighted by Crippen LogP contribution is -2.50. The van der Waals surface area contributed by atoms with Crippen LogP contribution in [0.5, 0.6) is 0 Å². The van der Waals surface area contributed by atoms with Gasteiger partial charge in [-0.2, -0.15) is 0 Å². The molecular formula is C13H24N2O. The van der Waals surface area contributed by atoms with Gasteiger partial charge in [0.15, 0.2) is 0 Å². The van der Waals surface area contributed by atoms with Crippen molar-refractivity contribution >= 4 is 5.91 Å². The number of carbonyl (C=O) groups is 1. The SMILES string of the molecule is CC1(C(=O)NC2CCCNC2)CCCCC1. The van der Waals surface area contributed by atoms with E-state index in [4.69, 9.17) is 0 Å². The van der Waals surface area contributed by atoms with Crippen molar-refractivity contribution in [2.24, 2.45) is 5.41 Å². The van der Waals surface area contributed by atoms with Crippen LogP contribution in [0.2, 0.25) is 0 Å². The number of hydrogen-bond donors (Lipinski definition) is 2. The van der Waals surface area contributed by atoms with E-state index in [-0.39, 0.29) is 5.41 Å². The van der Waals surface area contributed by atoms with Crippen molar-refractivity contribution in [3.8, 4) is 0 Å². The van der Waals surface area contributed by atoms with Crippen LogP contribution in [-0.2, 0) is 4.79 Å². The molecule has 0 spiro atoms. The normalized spacial score (nSPS) is 29.7. The van der Waals surface area contributed by atoms with E-state index in [1.165, 1.54) is 25.7 Å². The first-order chi connectivity index (χ1) is 7.71. The van der Waals surface area contributed by atoms with Crippen LogP contribution >= 0.6 is 0 Å². The van der Waals surface area contributed by atoms with Crippen molar-refractivity contribution in [2.45, 2.75) is 57.9 Å². The first-order valence-corrected chi connectivity index (χ1v) is 6.72. The van der Waals surface area contributed by atoms with Gasteiger partial charge in [0.25, 0.3) is 0 Å². The minimum Gasteiger partial charge on any atom is -0.352 e. The highest BCUT2D eigenvalue weighted by molar-refractivity contribution is 5.82. The van der Waals surface area contributed by atoms with Gasteiger partial charge >= 0.3 is 0 Å². The maximum atomic E-state index is 12.2. The van der Waals surface area contributed by atoms with E-state index in [0.717, 1.165) is 32.4 Å². The van der Waals surface area contributed by atoms with Gasteiger partial charge in [-0.1, -0.05) is 26.2 Å². The number of carbonyl (C=O) groups excluding carboxylic acids is 1. The van der Waals surface area contributed by atoms with Gasteiger partial charge in [0.1, 0.15) is 0 Å². The molecule has 3 heteroatoms. The number of rotatable bonds is 2. The lowest BCUT2D eigenvalue weighted by atomic mass is 9.75. The summed E-state index contributed by atoms with van der Waals surface area (Å²) in [4.78, 5) is 12.2. The van der Waals surface area contributed by atoms with Gasteiger partial charge in [0.05, 0.1) is 0 Å². The molecule has 3 nitrogen and oxygen atoms in total. The van der Waals surface area contributed by atoms with Gasteiger partial charge in [-0.15, -0.1) is 0 Å². The second-order valence-corrected chi connectivity index (χ2v) is 5.64. The third-order valence-electron chi connectivity index (χ3n) is 4.14. The van der Waals surface area contributed by atoms with E-state index in [1.807, 2.05) is 0 Å². The maximum absolute atomic E-state index is 12.2. The fourth-order valence-electron chi connectivity index (χ4n) is 2.89. The Kier molecular flexibility index (Phi) is 3.85. The fourth-order valence-corrected chi connectivity index (χ4v) is 2.89. The highest BCUT2D eigenvalue weighted by Gasteiger charge is 2.35. The van der Waals surface area contributed by atoms with Crippen molar-refractivity contribution in [1.29, 1.82) is 0 Å². The van der Waals surface area contributed by atoms with Crippen LogP contribution < -0.4 is 10.6 Å². The summed E-state index contributed by atoms with van der Waals surface area (Å²) in [7, 11) is 0. The lowest BCUT2D eigenvalue weighted by molar-refractivity contribution is -0.132. The summed E-state index contributed by atoms with van der Waals surface area (Å²) in [5, 5.41) is 6.57. The van der Waals surface area contributed by atoms with Crippen LogP contribution in [0.4, 0.5) is 0 Å². The van der Waals surface area contributed by atoms with Gasteiger partial charge in [0.2, 0.25) is 5.91 Å². The number of nitrogens with one attached hydrogen (secondary N) is 2. The van der Waals surface area contributed by atoms with E-state index in [9.17, 15) is 4.79 Å². The van der Waals surface area contributed by atoms with Crippen molar-refractivity contribution in [3.05, 3.63) is 0 Å². The summed E-state index contributed by atoms with van der Waals surface area (Å²) in [6.07, 6.45) is 8.18. The Labute approximate surface area is 98.4 Å². The minimum absolute atomic E-state index is 0.0876. The van der Waals surface area contributed by atoms with Crippen LogP contribution in [0.1, 0.15) is 51.9 Å². The molecule has 0 aromatic rings. The molecule has 1 saturated carbocycles. The molecule has 1 aliphatic heterocycles. The van der Waals surface area contributed by atoms with Crippen LogP contribution in [0.3, 0.4) is 0 Å². The van der Waals surface area contributed by atoms with Gasteiger partial charge in [0, 0.05) is 18.0 Å². The second-order valence-electron chi connectivity index (χ2n) is 5.64. The summed E-state index contributed by atoms with van der Waals surface area (Å²) in [5.41, 5.74) is -0.0876. The fraction of sp³-hybridized carbons (Fsp3) is 0.923. The minimum atomic E-state index is -0.0876. The van der Waals surface area contributed by atoms with Crippen molar-refractivity contribution < 1.29 is 4.79 Å². The molecule has 1 heterocycles. The Morgan fingerprint density at radius 3 is 2.62 bits per heavy atom. The van der Waals surface area contributed by atoms with Gasteiger partial charge in [-0.25, -0.2) is 0 Å². The maximum Gasteiger partial charge on any atom is 0.226 e. The lowest BCUT2D eigenvalue weighted by Gasteiger charge is -2.34. The summed E-state index contributed by atoms with van der Waals surface area (Å²) in [6.45, 7) is 4.18. The first kappa shape index (κ1) is 11.9. The Balaban J connectivity index is 1.85. The molecule has 1 amide bonds. The molecule has 2 N–H and O–H groups in total. The molecule has 1 atom stereocenters. The second kappa shape index (κ2) is 5.17.